The largest absolute Gasteiger partial charge is 0.321 e. The van der Waals surface area contributed by atoms with E-state index in [9.17, 15) is 0 Å². The third kappa shape index (κ3) is 2.63. The number of rotatable bonds is 4. The van der Waals surface area contributed by atoms with Crippen LogP contribution >= 0.6 is 11.8 Å². The molecule has 2 aromatic carbocycles. The van der Waals surface area contributed by atoms with Crippen molar-refractivity contribution in [3.05, 3.63) is 65.7 Å². The van der Waals surface area contributed by atoms with Gasteiger partial charge in [0.05, 0.1) is 0 Å². The van der Waals surface area contributed by atoms with E-state index in [1.54, 1.807) is 0 Å². The fraction of sp³-hybridized carbons (Fsp3) is 0.333. The molecule has 1 aliphatic heterocycles. The van der Waals surface area contributed by atoms with Crippen molar-refractivity contribution >= 4 is 11.8 Å². The number of hydrogen-bond donors (Lipinski definition) is 1. The van der Waals surface area contributed by atoms with Gasteiger partial charge in [-0.25, -0.2) is 0 Å². The zero-order valence-electron chi connectivity index (χ0n) is 11.9. The van der Waals surface area contributed by atoms with E-state index in [0.717, 1.165) is 19.3 Å². The van der Waals surface area contributed by atoms with Crippen LogP contribution in [0.1, 0.15) is 30.9 Å². The van der Waals surface area contributed by atoms with Crippen LogP contribution in [0.3, 0.4) is 0 Å². The predicted octanol–water partition coefficient (Wildman–Crippen LogP) is 4.36. The lowest BCUT2D eigenvalue weighted by Crippen LogP contribution is -2.38. The summed E-state index contributed by atoms with van der Waals surface area (Å²) >= 11 is 1.99. The van der Waals surface area contributed by atoms with Crippen LogP contribution in [0.25, 0.3) is 0 Å². The zero-order valence-corrected chi connectivity index (χ0v) is 12.7. The van der Waals surface area contributed by atoms with Crippen molar-refractivity contribution in [3.63, 3.8) is 0 Å². The third-order valence-corrected chi connectivity index (χ3v) is 5.60. The van der Waals surface area contributed by atoms with E-state index in [-0.39, 0.29) is 5.54 Å². The van der Waals surface area contributed by atoms with Gasteiger partial charge in [-0.3, -0.25) is 0 Å². The SMILES string of the molecule is CCC(N)(CC1Cc2ccccc2S1)c1ccccc1. The number of thioether (sulfide) groups is 1. The second-order valence-electron chi connectivity index (χ2n) is 5.63. The molecule has 0 aliphatic carbocycles. The van der Waals surface area contributed by atoms with Gasteiger partial charge in [-0.15, -0.1) is 11.8 Å². The van der Waals surface area contributed by atoms with Gasteiger partial charge in [0.25, 0.3) is 0 Å². The zero-order chi connectivity index (χ0) is 14.0. The summed E-state index contributed by atoms with van der Waals surface area (Å²) < 4.78 is 0. The van der Waals surface area contributed by atoms with E-state index < -0.39 is 0 Å². The molecule has 2 N–H and O–H groups in total. The van der Waals surface area contributed by atoms with Crippen LogP contribution in [0.4, 0.5) is 0 Å². The van der Waals surface area contributed by atoms with Crippen LogP contribution in [0.5, 0.6) is 0 Å². The summed E-state index contributed by atoms with van der Waals surface area (Å²) in [5.41, 5.74) is 9.26. The van der Waals surface area contributed by atoms with Crippen molar-refractivity contribution in [3.8, 4) is 0 Å². The topological polar surface area (TPSA) is 26.0 Å². The van der Waals surface area contributed by atoms with Gasteiger partial charge in [0.1, 0.15) is 0 Å². The number of benzene rings is 2. The number of fused-ring (bicyclic) bond motifs is 1. The van der Waals surface area contributed by atoms with Gasteiger partial charge in [-0.05, 0) is 36.5 Å². The molecule has 0 saturated heterocycles. The van der Waals surface area contributed by atoms with Gasteiger partial charge in [-0.1, -0.05) is 55.5 Å². The van der Waals surface area contributed by atoms with Crippen molar-refractivity contribution in [2.75, 3.05) is 0 Å². The first kappa shape index (κ1) is 13.7. The standard InChI is InChI=1S/C18H21NS/c1-2-18(19,15-9-4-3-5-10-15)13-16-12-14-8-6-7-11-17(14)20-16/h3-11,16H,2,12-13,19H2,1H3. The maximum atomic E-state index is 6.72. The smallest absolute Gasteiger partial charge is 0.0417 e. The average molecular weight is 283 g/mol. The quantitative estimate of drug-likeness (QED) is 0.902. The van der Waals surface area contributed by atoms with Crippen LogP contribution in [0.2, 0.25) is 0 Å². The third-order valence-electron chi connectivity index (χ3n) is 4.29. The Kier molecular flexibility index (Phi) is 3.86. The Labute approximate surface area is 125 Å². The molecule has 2 aromatic rings. The van der Waals surface area contributed by atoms with Gasteiger partial charge in [0, 0.05) is 15.7 Å². The molecule has 1 nitrogen and oxygen atoms in total. The Balaban J connectivity index is 1.77. The molecule has 2 heteroatoms. The molecule has 2 unspecified atom stereocenters. The van der Waals surface area contributed by atoms with Gasteiger partial charge in [-0.2, -0.15) is 0 Å². The molecule has 0 amide bonds. The van der Waals surface area contributed by atoms with E-state index in [0.29, 0.717) is 5.25 Å². The first-order valence-corrected chi connectivity index (χ1v) is 8.18. The minimum Gasteiger partial charge on any atom is -0.321 e. The molecule has 0 spiro atoms. The molecule has 3 rings (SSSR count). The Morgan fingerprint density at radius 1 is 1.10 bits per heavy atom. The molecular formula is C18H21NS. The summed E-state index contributed by atoms with van der Waals surface area (Å²) in [6, 6.07) is 19.3. The maximum Gasteiger partial charge on any atom is 0.0417 e. The molecule has 1 heterocycles. The second-order valence-corrected chi connectivity index (χ2v) is 6.97. The van der Waals surface area contributed by atoms with Crippen LogP contribution in [-0.4, -0.2) is 5.25 Å². The summed E-state index contributed by atoms with van der Waals surface area (Å²) in [5, 5.41) is 0.595. The Bertz CT molecular complexity index is 556. The lowest BCUT2D eigenvalue weighted by atomic mass is 9.83. The van der Waals surface area contributed by atoms with Crippen LogP contribution in [-0.2, 0) is 12.0 Å². The van der Waals surface area contributed by atoms with E-state index in [1.807, 2.05) is 11.8 Å². The molecule has 0 fully saturated rings. The van der Waals surface area contributed by atoms with E-state index in [4.69, 9.17) is 5.73 Å². The maximum absolute atomic E-state index is 6.72. The molecule has 20 heavy (non-hydrogen) atoms. The fourth-order valence-corrected chi connectivity index (χ4v) is 4.47. The molecule has 104 valence electrons. The lowest BCUT2D eigenvalue weighted by Gasteiger charge is -2.31. The minimum atomic E-state index is -0.207. The number of nitrogens with two attached hydrogens (primary N) is 1. The monoisotopic (exact) mass is 283 g/mol. The second kappa shape index (κ2) is 5.63. The van der Waals surface area contributed by atoms with Crippen LogP contribution < -0.4 is 5.73 Å². The predicted molar refractivity (Wildman–Crippen MR) is 87.0 cm³/mol. The normalized spacial score (nSPS) is 20.4. The molecule has 2 atom stereocenters. The van der Waals surface area contributed by atoms with Crippen molar-refractivity contribution in [2.45, 2.75) is 41.9 Å². The molecule has 1 aliphatic rings. The average Bonchev–Trinajstić information content (AvgIpc) is 2.90. The van der Waals surface area contributed by atoms with E-state index >= 15 is 0 Å². The van der Waals surface area contributed by atoms with Gasteiger partial charge in [0.15, 0.2) is 0 Å². The molecule has 0 radical (unpaired) electrons. The molecular weight excluding hydrogens is 262 g/mol. The summed E-state index contributed by atoms with van der Waals surface area (Å²) in [4.78, 5) is 1.43. The highest BCUT2D eigenvalue weighted by molar-refractivity contribution is 8.00. The molecule has 0 saturated carbocycles. The van der Waals surface area contributed by atoms with Crippen molar-refractivity contribution < 1.29 is 0 Å². The van der Waals surface area contributed by atoms with E-state index in [2.05, 4.69) is 61.5 Å². The van der Waals surface area contributed by atoms with Gasteiger partial charge in [0.2, 0.25) is 0 Å². The summed E-state index contributed by atoms with van der Waals surface area (Å²) in [6.07, 6.45) is 3.16. The molecule has 0 bridgehead atoms. The van der Waals surface area contributed by atoms with Gasteiger partial charge >= 0.3 is 0 Å². The van der Waals surface area contributed by atoms with Crippen molar-refractivity contribution in [2.24, 2.45) is 5.73 Å². The highest BCUT2D eigenvalue weighted by Gasteiger charge is 2.32. The van der Waals surface area contributed by atoms with Crippen molar-refractivity contribution in [1.82, 2.24) is 0 Å². The first-order valence-electron chi connectivity index (χ1n) is 7.30. The van der Waals surface area contributed by atoms with E-state index in [1.165, 1.54) is 16.0 Å². The number of hydrogen-bond acceptors (Lipinski definition) is 2. The fourth-order valence-electron chi connectivity index (χ4n) is 3.01. The van der Waals surface area contributed by atoms with Crippen molar-refractivity contribution in [1.29, 1.82) is 0 Å². The Morgan fingerprint density at radius 2 is 1.80 bits per heavy atom. The van der Waals surface area contributed by atoms with Crippen LogP contribution in [0, 0.1) is 0 Å². The van der Waals surface area contributed by atoms with Gasteiger partial charge < -0.3 is 5.73 Å². The lowest BCUT2D eigenvalue weighted by molar-refractivity contribution is 0.389. The highest BCUT2D eigenvalue weighted by atomic mass is 32.2. The summed E-state index contributed by atoms with van der Waals surface area (Å²) in [6.45, 7) is 2.19. The minimum absolute atomic E-state index is 0.207. The summed E-state index contributed by atoms with van der Waals surface area (Å²) in [7, 11) is 0. The summed E-state index contributed by atoms with van der Waals surface area (Å²) in [5.74, 6) is 0. The molecule has 0 aromatic heterocycles. The Hall–Kier alpha value is -1.25. The highest BCUT2D eigenvalue weighted by Crippen LogP contribution is 2.42. The Morgan fingerprint density at radius 3 is 2.50 bits per heavy atom. The van der Waals surface area contributed by atoms with Crippen LogP contribution in [0.15, 0.2) is 59.5 Å². The first-order chi connectivity index (χ1) is 9.71.